The van der Waals surface area contributed by atoms with Crippen molar-refractivity contribution in [1.29, 1.82) is 0 Å². The zero-order valence-electron chi connectivity index (χ0n) is 11.1. The molecule has 0 spiro atoms. The first-order valence-corrected chi connectivity index (χ1v) is 6.61. The van der Waals surface area contributed by atoms with Crippen LogP contribution in [0.3, 0.4) is 0 Å². The lowest BCUT2D eigenvalue weighted by atomic mass is 9.90. The van der Waals surface area contributed by atoms with Crippen molar-refractivity contribution in [2.24, 2.45) is 11.3 Å². The molecular weight excluding hydrogens is 218 g/mol. The molecule has 4 nitrogen and oxygen atoms in total. The van der Waals surface area contributed by atoms with Gasteiger partial charge in [0.15, 0.2) is 0 Å². The fraction of sp³-hybridized carbons (Fsp3) is 1.00. The minimum Gasteiger partial charge on any atom is -0.396 e. The van der Waals surface area contributed by atoms with E-state index in [0.29, 0.717) is 13.2 Å². The summed E-state index contributed by atoms with van der Waals surface area (Å²) in [6.45, 7) is 6.99. The Balaban J connectivity index is 1.96. The Kier molecular flexibility index (Phi) is 6.41. The molecule has 0 saturated heterocycles. The summed E-state index contributed by atoms with van der Waals surface area (Å²) >= 11 is 0. The quantitative estimate of drug-likeness (QED) is 0.532. The van der Waals surface area contributed by atoms with Gasteiger partial charge in [-0.1, -0.05) is 13.8 Å². The van der Waals surface area contributed by atoms with Crippen molar-refractivity contribution in [3.05, 3.63) is 0 Å². The Bertz CT molecular complexity index is 205. The monoisotopic (exact) mass is 245 g/mol. The van der Waals surface area contributed by atoms with Crippen LogP contribution in [0.2, 0.25) is 0 Å². The van der Waals surface area contributed by atoms with Crippen LogP contribution in [-0.2, 0) is 4.74 Å². The third kappa shape index (κ3) is 7.71. The van der Waals surface area contributed by atoms with Gasteiger partial charge in [0.25, 0.3) is 0 Å². The van der Waals surface area contributed by atoms with E-state index in [1.165, 1.54) is 12.8 Å². The Morgan fingerprint density at radius 1 is 1.41 bits per heavy atom. The Morgan fingerprint density at radius 2 is 2.12 bits per heavy atom. The van der Waals surface area contributed by atoms with Gasteiger partial charge in [-0.2, -0.15) is 0 Å². The summed E-state index contributed by atoms with van der Waals surface area (Å²) in [6.07, 6.45) is 2.90. The SMILES string of the molecule is CC(C)(CCO)CNCC(O)COCC1CC1. The standard InChI is InChI=1S/C13H27NO3/c1-13(2,5-6-15)10-14-7-12(16)9-17-8-11-3-4-11/h11-12,14-16H,3-10H2,1-2H3. The molecule has 1 atom stereocenters. The molecular formula is C13H27NO3. The maximum Gasteiger partial charge on any atom is 0.0897 e. The van der Waals surface area contributed by atoms with E-state index in [9.17, 15) is 5.11 Å². The van der Waals surface area contributed by atoms with Gasteiger partial charge < -0.3 is 20.3 Å². The highest BCUT2D eigenvalue weighted by Gasteiger charge is 2.21. The summed E-state index contributed by atoms with van der Waals surface area (Å²) in [5.41, 5.74) is 0.0728. The zero-order valence-corrected chi connectivity index (χ0v) is 11.1. The minimum absolute atomic E-state index is 0.0728. The molecule has 0 heterocycles. The summed E-state index contributed by atoms with van der Waals surface area (Å²) in [4.78, 5) is 0. The van der Waals surface area contributed by atoms with Gasteiger partial charge in [-0.15, -0.1) is 0 Å². The van der Waals surface area contributed by atoms with E-state index in [1.807, 2.05) is 0 Å². The predicted molar refractivity (Wildman–Crippen MR) is 67.9 cm³/mol. The second kappa shape index (κ2) is 7.31. The van der Waals surface area contributed by atoms with Crippen LogP contribution in [0, 0.1) is 11.3 Å². The highest BCUT2D eigenvalue weighted by molar-refractivity contribution is 4.74. The van der Waals surface area contributed by atoms with Gasteiger partial charge in [0.2, 0.25) is 0 Å². The molecule has 0 amide bonds. The van der Waals surface area contributed by atoms with Crippen LogP contribution in [0.25, 0.3) is 0 Å². The van der Waals surface area contributed by atoms with Crippen molar-refractivity contribution in [3.8, 4) is 0 Å². The zero-order chi connectivity index (χ0) is 12.7. The summed E-state index contributed by atoms with van der Waals surface area (Å²) in [5, 5.41) is 21.8. The molecule has 0 aliphatic heterocycles. The van der Waals surface area contributed by atoms with Gasteiger partial charge in [0, 0.05) is 26.3 Å². The number of hydrogen-bond donors (Lipinski definition) is 3. The molecule has 1 unspecified atom stereocenters. The topological polar surface area (TPSA) is 61.7 Å². The molecule has 0 bridgehead atoms. The lowest BCUT2D eigenvalue weighted by molar-refractivity contribution is 0.0313. The highest BCUT2D eigenvalue weighted by atomic mass is 16.5. The average molecular weight is 245 g/mol. The summed E-state index contributed by atoms with van der Waals surface area (Å²) in [5.74, 6) is 0.749. The van der Waals surface area contributed by atoms with Crippen LogP contribution in [0.15, 0.2) is 0 Å². The van der Waals surface area contributed by atoms with Gasteiger partial charge in [0.05, 0.1) is 12.7 Å². The van der Waals surface area contributed by atoms with Gasteiger partial charge in [0.1, 0.15) is 0 Å². The van der Waals surface area contributed by atoms with Crippen LogP contribution >= 0.6 is 0 Å². The van der Waals surface area contributed by atoms with Gasteiger partial charge in [-0.05, 0) is 30.6 Å². The molecule has 1 saturated carbocycles. The molecule has 3 N–H and O–H groups in total. The number of aliphatic hydroxyl groups is 2. The van der Waals surface area contributed by atoms with Gasteiger partial charge in [-0.3, -0.25) is 0 Å². The number of aliphatic hydroxyl groups excluding tert-OH is 2. The van der Waals surface area contributed by atoms with Crippen molar-refractivity contribution < 1.29 is 14.9 Å². The molecule has 1 rings (SSSR count). The smallest absolute Gasteiger partial charge is 0.0897 e. The number of nitrogens with one attached hydrogen (secondary N) is 1. The van der Waals surface area contributed by atoms with Gasteiger partial charge >= 0.3 is 0 Å². The third-order valence-electron chi connectivity index (χ3n) is 3.13. The summed E-state index contributed by atoms with van der Waals surface area (Å²) < 4.78 is 5.42. The molecule has 1 aliphatic carbocycles. The Labute approximate surface area is 104 Å². The molecule has 0 aromatic carbocycles. The number of hydrogen-bond acceptors (Lipinski definition) is 4. The van der Waals surface area contributed by atoms with E-state index in [-0.39, 0.29) is 12.0 Å². The molecule has 1 fully saturated rings. The molecule has 4 heteroatoms. The normalized spacial score (nSPS) is 18.4. The second-order valence-electron chi connectivity index (χ2n) is 5.90. The summed E-state index contributed by atoms with van der Waals surface area (Å²) in [7, 11) is 0. The van der Waals surface area contributed by atoms with Crippen LogP contribution in [0.5, 0.6) is 0 Å². The molecule has 0 radical (unpaired) electrons. The second-order valence-corrected chi connectivity index (χ2v) is 5.90. The van der Waals surface area contributed by atoms with Crippen molar-refractivity contribution in [2.75, 3.05) is 32.9 Å². The van der Waals surface area contributed by atoms with E-state index in [1.54, 1.807) is 0 Å². The predicted octanol–water partition coefficient (Wildman–Crippen LogP) is 0.772. The van der Waals surface area contributed by atoms with E-state index >= 15 is 0 Å². The van der Waals surface area contributed by atoms with E-state index in [4.69, 9.17) is 9.84 Å². The largest absolute Gasteiger partial charge is 0.396 e. The number of rotatable bonds is 10. The molecule has 17 heavy (non-hydrogen) atoms. The van der Waals surface area contributed by atoms with Crippen molar-refractivity contribution in [3.63, 3.8) is 0 Å². The summed E-state index contributed by atoms with van der Waals surface area (Å²) in [6, 6.07) is 0. The van der Waals surface area contributed by atoms with Crippen molar-refractivity contribution in [2.45, 2.75) is 39.2 Å². The van der Waals surface area contributed by atoms with E-state index < -0.39 is 6.10 Å². The van der Waals surface area contributed by atoms with E-state index in [0.717, 1.165) is 25.5 Å². The maximum atomic E-state index is 9.67. The van der Waals surface area contributed by atoms with Crippen LogP contribution < -0.4 is 5.32 Å². The van der Waals surface area contributed by atoms with Crippen LogP contribution in [0.1, 0.15) is 33.1 Å². The first-order valence-electron chi connectivity index (χ1n) is 6.61. The van der Waals surface area contributed by atoms with Crippen LogP contribution in [0.4, 0.5) is 0 Å². The molecule has 0 aromatic heterocycles. The first kappa shape index (κ1) is 14.9. The Morgan fingerprint density at radius 3 is 2.71 bits per heavy atom. The van der Waals surface area contributed by atoms with Crippen LogP contribution in [-0.4, -0.2) is 49.2 Å². The lowest BCUT2D eigenvalue weighted by Gasteiger charge is -2.24. The average Bonchev–Trinajstić information content (AvgIpc) is 3.01. The molecule has 102 valence electrons. The fourth-order valence-corrected chi connectivity index (χ4v) is 1.68. The lowest BCUT2D eigenvalue weighted by Crippen LogP contribution is -2.37. The third-order valence-corrected chi connectivity index (χ3v) is 3.13. The van der Waals surface area contributed by atoms with Gasteiger partial charge in [-0.25, -0.2) is 0 Å². The maximum absolute atomic E-state index is 9.67. The number of ether oxygens (including phenoxy) is 1. The minimum atomic E-state index is -0.432. The molecule has 0 aromatic rings. The highest BCUT2D eigenvalue weighted by Crippen LogP contribution is 2.28. The van der Waals surface area contributed by atoms with Crippen molar-refractivity contribution in [1.82, 2.24) is 5.32 Å². The van der Waals surface area contributed by atoms with Crippen molar-refractivity contribution >= 4 is 0 Å². The first-order chi connectivity index (χ1) is 8.03. The van der Waals surface area contributed by atoms with E-state index in [2.05, 4.69) is 19.2 Å². The molecule has 1 aliphatic rings. The Hall–Kier alpha value is -0.160. The fourth-order valence-electron chi connectivity index (χ4n) is 1.68.